The van der Waals surface area contributed by atoms with Crippen LogP contribution in [0.3, 0.4) is 0 Å². The second-order valence-electron chi connectivity index (χ2n) is 4.86. The quantitative estimate of drug-likeness (QED) is 0.709. The molecule has 1 aromatic carbocycles. The summed E-state index contributed by atoms with van der Waals surface area (Å²) in [5, 5.41) is 4.97. The van der Waals surface area contributed by atoms with Crippen molar-refractivity contribution in [3.8, 4) is 22.9 Å². The third kappa shape index (κ3) is 3.09. The number of anilines is 1. The van der Waals surface area contributed by atoms with Crippen molar-refractivity contribution in [3.63, 3.8) is 0 Å². The molecule has 0 unspecified atom stereocenters. The van der Waals surface area contributed by atoms with Gasteiger partial charge in [0.25, 0.3) is 16.1 Å². The van der Waals surface area contributed by atoms with Crippen LogP contribution in [0.25, 0.3) is 16.9 Å². The average Bonchev–Trinajstić information content (AvgIpc) is 2.96. The van der Waals surface area contributed by atoms with Crippen LogP contribution in [-0.4, -0.2) is 37.0 Å². The summed E-state index contributed by atoms with van der Waals surface area (Å²) in [6.07, 6.45) is 5.15. The number of fused-ring (bicyclic) bond motifs is 1. The van der Waals surface area contributed by atoms with Gasteiger partial charge in [-0.15, -0.1) is 0 Å². The first-order valence-corrected chi connectivity index (χ1v) is 8.32. The fourth-order valence-electron chi connectivity index (χ4n) is 2.30. The summed E-state index contributed by atoms with van der Waals surface area (Å²) in [6.45, 7) is 0. The molecule has 9 nitrogen and oxygen atoms in total. The van der Waals surface area contributed by atoms with Gasteiger partial charge in [-0.1, -0.05) is 0 Å². The lowest BCUT2D eigenvalue weighted by Gasteiger charge is -2.09. The molecule has 0 amide bonds. The lowest BCUT2D eigenvalue weighted by Crippen LogP contribution is -2.21. The molecule has 0 aliphatic carbocycles. The Labute approximate surface area is 138 Å². The van der Waals surface area contributed by atoms with E-state index in [2.05, 4.69) is 14.7 Å². The maximum atomic E-state index is 11.1. The third-order valence-electron chi connectivity index (χ3n) is 3.27. The lowest BCUT2D eigenvalue weighted by atomic mass is 10.1. The van der Waals surface area contributed by atoms with Crippen molar-refractivity contribution in [1.82, 2.24) is 14.4 Å². The van der Waals surface area contributed by atoms with Crippen LogP contribution < -0.4 is 19.3 Å². The van der Waals surface area contributed by atoms with Crippen molar-refractivity contribution in [2.75, 3.05) is 18.9 Å². The topological polar surface area (TPSA) is 121 Å². The normalized spacial score (nSPS) is 11.5. The molecule has 0 saturated heterocycles. The summed E-state index contributed by atoms with van der Waals surface area (Å²) in [5.41, 5.74) is 2.16. The number of hydrogen-bond donors (Lipinski definition) is 2. The van der Waals surface area contributed by atoms with Crippen molar-refractivity contribution < 1.29 is 17.9 Å². The molecule has 0 saturated carbocycles. The Hall–Kier alpha value is -2.85. The van der Waals surface area contributed by atoms with Gasteiger partial charge >= 0.3 is 0 Å². The largest absolute Gasteiger partial charge is 0.496 e. The van der Waals surface area contributed by atoms with Gasteiger partial charge < -0.3 is 13.9 Å². The van der Waals surface area contributed by atoms with Crippen LogP contribution in [0.5, 0.6) is 11.6 Å². The molecule has 3 rings (SSSR count). The third-order valence-corrected chi connectivity index (χ3v) is 3.79. The number of nitrogens with two attached hydrogens (primary N) is 1. The summed E-state index contributed by atoms with van der Waals surface area (Å²) in [7, 11) is -0.857. The maximum absolute atomic E-state index is 11.1. The van der Waals surface area contributed by atoms with E-state index in [1.54, 1.807) is 35.1 Å². The zero-order valence-corrected chi connectivity index (χ0v) is 13.7. The summed E-state index contributed by atoms with van der Waals surface area (Å²) >= 11 is 0. The fourth-order valence-corrected chi connectivity index (χ4v) is 2.76. The van der Waals surface area contributed by atoms with Crippen molar-refractivity contribution >= 4 is 21.5 Å². The van der Waals surface area contributed by atoms with E-state index in [-0.39, 0.29) is 0 Å². The Balaban J connectivity index is 2.09. The van der Waals surface area contributed by atoms with Gasteiger partial charge in [-0.3, -0.25) is 4.72 Å². The van der Waals surface area contributed by atoms with Gasteiger partial charge in [-0.05, 0) is 12.1 Å². The SMILES string of the molecule is COc1cc(NS(N)(=O)=O)ccc1-c1cn2ccnc(OC)c2n1. The molecule has 0 aliphatic heterocycles. The molecule has 24 heavy (non-hydrogen) atoms. The molecule has 3 aromatic rings. The van der Waals surface area contributed by atoms with E-state index in [0.717, 1.165) is 0 Å². The first-order valence-electron chi connectivity index (χ1n) is 6.78. The molecule has 2 aromatic heterocycles. The molecule has 0 bridgehead atoms. The zero-order chi connectivity index (χ0) is 17.3. The highest BCUT2D eigenvalue weighted by atomic mass is 32.2. The van der Waals surface area contributed by atoms with E-state index in [4.69, 9.17) is 14.6 Å². The molecule has 0 fully saturated rings. The number of hydrogen-bond acceptors (Lipinski definition) is 6. The lowest BCUT2D eigenvalue weighted by molar-refractivity contribution is 0.400. The van der Waals surface area contributed by atoms with E-state index in [0.29, 0.717) is 34.2 Å². The van der Waals surface area contributed by atoms with Gasteiger partial charge in [0, 0.05) is 30.2 Å². The summed E-state index contributed by atoms with van der Waals surface area (Å²) in [4.78, 5) is 8.60. The van der Waals surface area contributed by atoms with Crippen LogP contribution in [-0.2, 0) is 10.2 Å². The number of ether oxygens (including phenoxy) is 2. The van der Waals surface area contributed by atoms with E-state index < -0.39 is 10.2 Å². The Morgan fingerprint density at radius 1 is 1.25 bits per heavy atom. The predicted molar refractivity (Wildman–Crippen MR) is 88.3 cm³/mol. The van der Waals surface area contributed by atoms with Crippen molar-refractivity contribution in [2.24, 2.45) is 5.14 Å². The minimum Gasteiger partial charge on any atom is -0.496 e. The number of aromatic nitrogens is 3. The summed E-state index contributed by atoms with van der Waals surface area (Å²) in [5.74, 6) is 0.842. The molecule has 0 spiro atoms. The predicted octanol–water partition coefficient (Wildman–Crippen LogP) is 1.03. The minimum absolute atomic E-state index is 0.293. The van der Waals surface area contributed by atoms with Crippen molar-refractivity contribution in [3.05, 3.63) is 36.8 Å². The van der Waals surface area contributed by atoms with Gasteiger partial charge in [0.15, 0.2) is 0 Å². The number of methoxy groups -OCH3 is 2. The van der Waals surface area contributed by atoms with Crippen molar-refractivity contribution in [1.29, 1.82) is 0 Å². The fraction of sp³-hybridized carbons (Fsp3) is 0.143. The smallest absolute Gasteiger partial charge is 0.296 e. The minimum atomic E-state index is -3.86. The van der Waals surface area contributed by atoms with Crippen LogP contribution in [0.2, 0.25) is 0 Å². The van der Waals surface area contributed by atoms with Gasteiger partial charge in [0.2, 0.25) is 5.65 Å². The second-order valence-corrected chi connectivity index (χ2v) is 6.15. The summed E-state index contributed by atoms with van der Waals surface area (Å²) in [6, 6.07) is 4.79. The Kier molecular flexibility index (Phi) is 3.99. The zero-order valence-electron chi connectivity index (χ0n) is 12.9. The van der Waals surface area contributed by atoms with Crippen LogP contribution in [0.1, 0.15) is 0 Å². The molecule has 10 heteroatoms. The van der Waals surface area contributed by atoms with Gasteiger partial charge in [0.05, 0.1) is 25.6 Å². The van der Waals surface area contributed by atoms with E-state index >= 15 is 0 Å². The number of imidazole rings is 1. The molecular weight excluding hydrogens is 334 g/mol. The van der Waals surface area contributed by atoms with Crippen LogP contribution in [0, 0.1) is 0 Å². The molecule has 2 heterocycles. The maximum Gasteiger partial charge on any atom is 0.296 e. The van der Waals surface area contributed by atoms with Crippen LogP contribution in [0.4, 0.5) is 5.69 Å². The summed E-state index contributed by atoms with van der Waals surface area (Å²) < 4.78 is 36.8. The van der Waals surface area contributed by atoms with E-state index in [1.807, 2.05) is 0 Å². The Morgan fingerprint density at radius 2 is 2.04 bits per heavy atom. The van der Waals surface area contributed by atoms with E-state index in [9.17, 15) is 8.42 Å². The second kappa shape index (κ2) is 5.98. The Bertz CT molecular complexity index is 1000. The van der Waals surface area contributed by atoms with Gasteiger partial charge in [-0.2, -0.15) is 8.42 Å². The average molecular weight is 349 g/mol. The highest BCUT2D eigenvalue weighted by Gasteiger charge is 2.14. The molecule has 0 atom stereocenters. The standard InChI is InChI=1S/C14H15N5O4S/c1-22-12-7-9(18-24(15,20)21)3-4-10(12)11-8-19-6-5-16-14(23-2)13(19)17-11/h3-8,18H,1-2H3,(H2,15,20,21). The van der Waals surface area contributed by atoms with Crippen LogP contribution >= 0.6 is 0 Å². The van der Waals surface area contributed by atoms with Crippen molar-refractivity contribution in [2.45, 2.75) is 0 Å². The molecule has 0 radical (unpaired) electrons. The van der Waals surface area contributed by atoms with Crippen LogP contribution in [0.15, 0.2) is 36.8 Å². The number of nitrogens with zero attached hydrogens (tertiary/aromatic N) is 3. The van der Waals surface area contributed by atoms with Gasteiger partial charge in [-0.25, -0.2) is 15.1 Å². The molecule has 0 aliphatic rings. The first-order chi connectivity index (χ1) is 11.4. The number of rotatable bonds is 5. The molecular formula is C14H15N5O4S. The van der Waals surface area contributed by atoms with Gasteiger partial charge in [0.1, 0.15) is 5.75 Å². The Morgan fingerprint density at radius 3 is 2.71 bits per heavy atom. The number of nitrogens with one attached hydrogen (secondary N) is 1. The highest BCUT2D eigenvalue weighted by molar-refractivity contribution is 7.90. The molecule has 3 N–H and O–H groups in total. The number of benzene rings is 1. The molecule has 126 valence electrons. The first kappa shape index (κ1) is 16.0. The monoisotopic (exact) mass is 349 g/mol. The highest BCUT2D eigenvalue weighted by Crippen LogP contribution is 2.33. The van der Waals surface area contributed by atoms with E-state index in [1.165, 1.54) is 20.3 Å².